The average molecular weight is 505 g/mol. The van der Waals surface area contributed by atoms with Crippen molar-refractivity contribution >= 4 is 21.8 Å². The molecule has 0 atom stereocenters. The lowest BCUT2D eigenvalue weighted by Gasteiger charge is -2.43. The third kappa shape index (κ3) is 5.10. The number of anilines is 1. The van der Waals surface area contributed by atoms with Crippen molar-refractivity contribution in [3.8, 4) is 0 Å². The zero-order chi connectivity index (χ0) is 24.7. The molecule has 0 aliphatic carbocycles. The number of rotatable bonds is 5. The molecule has 1 aromatic heterocycles. The van der Waals surface area contributed by atoms with Gasteiger partial charge in [0.25, 0.3) is 5.95 Å². The van der Waals surface area contributed by atoms with E-state index in [1.807, 2.05) is 0 Å². The molecule has 9 nitrogen and oxygen atoms in total. The second-order valence-electron chi connectivity index (χ2n) is 8.39. The summed E-state index contributed by atoms with van der Waals surface area (Å²) in [5.41, 5.74) is 0.218. The number of sulfone groups is 1. The number of benzene rings is 1. The number of carbonyl (C=O) groups is 1. The van der Waals surface area contributed by atoms with Crippen LogP contribution in [0.15, 0.2) is 27.6 Å². The third-order valence-electron chi connectivity index (χ3n) is 6.00. The Hall–Kier alpha value is -2.90. The lowest BCUT2D eigenvalue weighted by Crippen LogP contribution is -2.55. The van der Waals surface area contributed by atoms with Gasteiger partial charge in [-0.2, -0.15) is 18.2 Å². The van der Waals surface area contributed by atoms with Crippen LogP contribution >= 0.6 is 0 Å². The molecule has 2 aromatic rings. The second-order valence-corrected chi connectivity index (χ2v) is 10.4. The maximum Gasteiger partial charge on any atom is 0.471 e. The summed E-state index contributed by atoms with van der Waals surface area (Å²) in [5, 5.41) is 3.41. The van der Waals surface area contributed by atoms with E-state index >= 15 is 0 Å². The number of aromatic nitrogens is 2. The van der Waals surface area contributed by atoms with E-state index in [9.17, 15) is 30.8 Å². The minimum Gasteiger partial charge on any atom is -0.338 e. The first-order chi connectivity index (χ1) is 15.9. The summed E-state index contributed by atoms with van der Waals surface area (Å²) in [6.07, 6.45) is -2.03. The molecular weight excluding hydrogens is 482 g/mol. The number of urea groups is 1. The van der Waals surface area contributed by atoms with Crippen LogP contribution in [-0.4, -0.2) is 72.9 Å². The number of alkyl halides is 3. The first kappa shape index (κ1) is 24.2. The normalized spacial score (nSPS) is 18.6. The van der Waals surface area contributed by atoms with Crippen molar-refractivity contribution in [2.45, 2.75) is 42.9 Å². The SMILES string of the molecule is CS(=O)(=O)c1ccc(CN2CCCN(C3CCN(c4noc(C(F)(F)F)n4)CC3)C2=O)c(F)c1. The van der Waals surface area contributed by atoms with Crippen molar-refractivity contribution in [2.24, 2.45) is 0 Å². The van der Waals surface area contributed by atoms with Crippen LogP contribution in [0.2, 0.25) is 0 Å². The summed E-state index contributed by atoms with van der Waals surface area (Å²) < 4.78 is 80.1. The maximum atomic E-state index is 14.5. The van der Waals surface area contributed by atoms with E-state index in [1.165, 1.54) is 17.0 Å². The lowest BCUT2D eigenvalue weighted by molar-refractivity contribution is -0.159. The largest absolute Gasteiger partial charge is 0.471 e. The van der Waals surface area contributed by atoms with E-state index < -0.39 is 27.7 Å². The Kier molecular flexibility index (Phi) is 6.44. The molecule has 2 amide bonds. The number of hydrogen-bond acceptors (Lipinski definition) is 7. The Morgan fingerprint density at radius 2 is 1.85 bits per heavy atom. The fourth-order valence-electron chi connectivity index (χ4n) is 4.22. The molecule has 0 N–H and O–H groups in total. The molecule has 1 aromatic carbocycles. The maximum absolute atomic E-state index is 14.5. The summed E-state index contributed by atoms with van der Waals surface area (Å²) in [6, 6.07) is 3.26. The van der Waals surface area contributed by atoms with Crippen LogP contribution in [0.4, 0.5) is 28.3 Å². The van der Waals surface area contributed by atoms with E-state index in [-0.39, 0.29) is 35.0 Å². The molecule has 0 spiro atoms. The summed E-state index contributed by atoms with van der Waals surface area (Å²) in [6.45, 7) is 1.67. The van der Waals surface area contributed by atoms with Gasteiger partial charge in [-0.3, -0.25) is 0 Å². The molecule has 4 rings (SSSR count). The van der Waals surface area contributed by atoms with Crippen LogP contribution in [0, 0.1) is 5.82 Å². The Balaban J connectivity index is 1.38. The Labute approximate surface area is 193 Å². The number of hydrogen-bond donors (Lipinski definition) is 0. The molecule has 186 valence electrons. The molecule has 2 aliphatic rings. The van der Waals surface area contributed by atoms with E-state index in [0.717, 1.165) is 12.3 Å². The second kappa shape index (κ2) is 9.04. The monoisotopic (exact) mass is 505 g/mol. The Bertz CT molecular complexity index is 1160. The highest BCUT2D eigenvalue weighted by Crippen LogP contribution is 2.30. The molecule has 0 saturated carbocycles. The minimum atomic E-state index is -4.71. The van der Waals surface area contributed by atoms with Crippen LogP contribution in [0.25, 0.3) is 0 Å². The van der Waals surface area contributed by atoms with Gasteiger partial charge in [-0.05, 0) is 36.6 Å². The Morgan fingerprint density at radius 1 is 1.15 bits per heavy atom. The number of carbonyl (C=O) groups excluding carboxylic acids is 1. The predicted molar refractivity (Wildman–Crippen MR) is 111 cm³/mol. The van der Waals surface area contributed by atoms with E-state index in [0.29, 0.717) is 45.4 Å². The van der Waals surface area contributed by atoms with Crippen LogP contribution in [0.5, 0.6) is 0 Å². The van der Waals surface area contributed by atoms with Gasteiger partial charge in [0, 0.05) is 44.0 Å². The van der Waals surface area contributed by atoms with E-state index in [2.05, 4.69) is 14.7 Å². The number of amides is 2. The summed E-state index contributed by atoms with van der Waals surface area (Å²) in [5.74, 6) is -2.23. The van der Waals surface area contributed by atoms with E-state index in [4.69, 9.17) is 0 Å². The molecule has 0 unspecified atom stereocenters. The van der Waals surface area contributed by atoms with E-state index in [1.54, 1.807) is 9.80 Å². The topological polar surface area (TPSA) is 99.9 Å². The van der Waals surface area contributed by atoms with Crippen molar-refractivity contribution in [1.29, 1.82) is 0 Å². The first-order valence-electron chi connectivity index (χ1n) is 10.6. The van der Waals surface area contributed by atoms with Gasteiger partial charge in [-0.25, -0.2) is 17.6 Å². The molecule has 0 bridgehead atoms. The fourth-order valence-corrected chi connectivity index (χ4v) is 4.85. The van der Waals surface area contributed by atoms with Crippen molar-refractivity contribution in [3.05, 3.63) is 35.5 Å². The van der Waals surface area contributed by atoms with Crippen molar-refractivity contribution in [3.63, 3.8) is 0 Å². The number of nitrogens with zero attached hydrogens (tertiary/aromatic N) is 5. The average Bonchev–Trinajstić information content (AvgIpc) is 3.27. The van der Waals surface area contributed by atoms with Crippen molar-refractivity contribution in [2.75, 3.05) is 37.3 Å². The molecule has 2 aliphatic heterocycles. The highest BCUT2D eigenvalue weighted by atomic mass is 32.2. The molecule has 0 radical (unpaired) electrons. The zero-order valence-electron chi connectivity index (χ0n) is 18.3. The molecule has 14 heteroatoms. The number of piperidine rings is 1. The van der Waals surface area contributed by atoms with Gasteiger partial charge in [0.15, 0.2) is 9.84 Å². The van der Waals surface area contributed by atoms with Gasteiger partial charge in [-0.1, -0.05) is 6.07 Å². The van der Waals surface area contributed by atoms with Crippen molar-refractivity contribution < 1.29 is 35.3 Å². The van der Waals surface area contributed by atoms with Crippen LogP contribution < -0.4 is 4.90 Å². The predicted octanol–water partition coefficient (Wildman–Crippen LogP) is 2.93. The molecular formula is C20H23F4N5O4S. The fraction of sp³-hybridized carbons (Fsp3) is 0.550. The summed E-state index contributed by atoms with van der Waals surface area (Å²) in [4.78, 5) is 21.2. The highest BCUT2D eigenvalue weighted by molar-refractivity contribution is 7.90. The van der Waals surface area contributed by atoms with Crippen molar-refractivity contribution in [1.82, 2.24) is 19.9 Å². The first-order valence-corrected chi connectivity index (χ1v) is 12.5. The van der Waals surface area contributed by atoms with Gasteiger partial charge < -0.3 is 19.2 Å². The molecule has 2 fully saturated rings. The smallest absolute Gasteiger partial charge is 0.338 e. The van der Waals surface area contributed by atoms with Gasteiger partial charge >= 0.3 is 18.1 Å². The van der Waals surface area contributed by atoms with Gasteiger partial charge in [0.1, 0.15) is 5.82 Å². The molecule has 3 heterocycles. The van der Waals surface area contributed by atoms with Crippen LogP contribution in [0.3, 0.4) is 0 Å². The quantitative estimate of drug-likeness (QED) is 0.576. The summed E-state index contributed by atoms with van der Waals surface area (Å²) in [7, 11) is -3.54. The standard InChI is InChI=1S/C20H23F4N5O4S/c1-34(31,32)15-4-3-13(16(21)11-15)12-28-7-2-8-29(19(28)30)14-5-9-27(10-6-14)18-25-17(33-26-18)20(22,23)24/h3-4,11,14H,2,5-10,12H2,1H3. The third-order valence-corrected chi connectivity index (χ3v) is 7.11. The Morgan fingerprint density at radius 3 is 2.44 bits per heavy atom. The van der Waals surface area contributed by atoms with Gasteiger partial charge in [-0.15, -0.1) is 0 Å². The van der Waals surface area contributed by atoms with Crippen LogP contribution in [0.1, 0.15) is 30.7 Å². The lowest BCUT2D eigenvalue weighted by atomic mass is 10.0. The van der Waals surface area contributed by atoms with Crippen LogP contribution in [-0.2, 0) is 22.6 Å². The number of halogens is 4. The van der Waals surface area contributed by atoms with Gasteiger partial charge in [0.2, 0.25) is 0 Å². The molecule has 34 heavy (non-hydrogen) atoms. The summed E-state index contributed by atoms with van der Waals surface area (Å²) >= 11 is 0. The van der Waals surface area contributed by atoms with Gasteiger partial charge in [0.05, 0.1) is 11.4 Å². The molecule has 2 saturated heterocycles. The highest BCUT2D eigenvalue weighted by Gasteiger charge is 2.40. The minimum absolute atomic E-state index is 0.00708. The zero-order valence-corrected chi connectivity index (χ0v) is 19.1.